The Morgan fingerprint density at radius 2 is 2.00 bits per heavy atom. The second-order valence-corrected chi connectivity index (χ2v) is 6.34. The number of amides is 1. The normalized spacial score (nSPS) is 20.7. The lowest BCUT2D eigenvalue weighted by atomic mass is 10.1. The van der Waals surface area contributed by atoms with Crippen LogP contribution >= 0.6 is 0 Å². The molecule has 1 rings (SSSR count). The van der Waals surface area contributed by atoms with E-state index in [0.717, 1.165) is 18.6 Å². The average molecular weight is 312 g/mol. The molecule has 0 spiro atoms. The van der Waals surface area contributed by atoms with Crippen LogP contribution < -0.4 is 0 Å². The van der Waals surface area contributed by atoms with Crippen LogP contribution in [0.25, 0.3) is 0 Å². The molecule has 0 saturated carbocycles. The van der Waals surface area contributed by atoms with Crippen LogP contribution in [0.15, 0.2) is 4.99 Å². The number of hydroxylamine groups is 2. The first kappa shape index (κ1) is 19.1. The van der Waals surface area contributed by atoms with E-state index in [1.54, 1.807) is 6.92 Å². The number of unbranched alkanes of at least 4 members (excludes halogenated alkanes) is 5. The summed E-state index contributed by atoms with van der Waals surface area (Å²) in [5.41, 5.74) is 0.821. The van der Waals surface area contributed by atoms with E-state index < -0.39 is 6.10 Å². The van der Waals surface area contributed by atoms with E-state index in [-0.39, 0.29) is 11.9 Å². The topological polar surface area (TPSA) is 62.1 Å². The molecule has 5 heteroatoms. The van der Waals surface area contributed by atoms with Crippen molar-refractivity contribution in [2.75, 3.05) is 13.2 Å². The Labute approximate surface area is 134 Å². The molecule has 0 aromatic carbocycles. The zero-order valence-electron chi connectivity index (χ0n) is 14.4. The third-order valence-electron chi connectivity index (χ3n) is 3.82. The molecule has 0 saturated heterocycles. The van der Waals surface area contributed by atoms with E-state index in [1.807, 2.05) is 6.92 Å². The summed E-state index contributed by atoms with van der Waals surface area (Å²) in [5.74, 6) is -0.0275. The van der Waals surface area contributed by atoms with Crippen molar-refractivity contribution in [3.8, 4) is 0 Å². The minimum Gasteiger partial charge on any atom is -0.393 e. The number of hydrogen-bond acceptors (Lipinski definition) is 4. The van der Waals surface area contributed by atoms with E-state index >= 15 is 0 Å². The highest BCUT2D eigenvalue weighted by molar-refractivity contribution is 6.00. The lowest BCUT2D eigenvalue weighted by molar-refractivity contribution is -0.186. The molecule has 5 nitrogen and oxygen atoms in total. The summed E-state index contributed by atoms with van der Waals surface area (Å²) < 4.78 is 0. The third kappa shape index (κ3) is 7.90. The summed E-state index contributed by atoms with van der Waals surface area (Å²) in [5, 5.41) is 11.0. The Balaban J connectivity index is 2.33. The molecular weight excluding hydrogens is 280 g/mol. The molecule has 1 aliphatic heterocycles. The molecule has 1 N–H and O–H groups in total. The summed E-state index contributed by atoms with van der Waals surface area (Å²) in [6, 6.07) is -0.0731. The van der Waals surface area contributed by atoms with Gasteiger partial charge in [-0.1, -0.05) is 39.0 Å². The van der Waals surface area contributed by atoms with Gasteiger partial charge in [0.15, 0.2) is 0 Å². The highest BCUT2D eigenvalue weighted by Crippen LogP contribution is 2.14. The van der Waals surface area contributed by atoms with Gasteiger partial charge in [0, 0.05) is 5.71 Å². The van der Waals surface area contributed by atoms with Crippen molar-refractivity contribution in [2.24, 2.45) is 4.99 Å². The molecule has 22 heavy (non-hydrogen) atoms. The molecule has 0 fully saturated rings. The minimum absolute atomic E-state index is 0.0275. The predicted octanol–water partition coefficient (Wildman–Crippen LogP) is 3.11. The first-order valence-electron chi connectivity index (χ1n) is 8.67. The molecule has 128 valence electrons. The van der Waals surface area contributed by atoms with E-state index in [9.17, 15) is 9.90 Å². The Morgan fingerprint density at radius 3 is 2.68 bits per heavy atom. The SMILES string of the molecule is CCCCCCCCON1CC(CC(C)O)N=C(C)CC1=O. The Bertz CT molecular complexity index is 356. The van der Waals surface area contributed by atoms with E-state index in [4.69, 9.17) is 4.84 Å². The highest BCUT2D eigenvalue weighted by Gasteiger charge is 2.25. The van der Waals surface area contributed by atoms with Gasteiger partial charge in [-0.2, -0.15) is 0 Å². The van der Waals surface area contributed by atoms with Crippen molar-refractivity contribution in [3.63, 3.8) is 0 Å². The maximum atomic E-state index is 12.1. The highest BCUT2D eigenvalue weighted by atomic mass is 16.7. The molecule has 0 aromatic heterocycles. The summed E-state index contributed by atoms with van der Waals surface area (Å²) in [4.78, 5) is 22.3. The minimum atomic E-state index is -0.421. The first-order chi connectivity index (χ1) is 10.5. The summed E-state index contributed by atoms with van der Waals surface area (Å²) in [7, 11) is 0. The number of aliphatic imine (C=N–C) groups is 1. The molecular formula is C17H32N2O3. The maximum absolute atomic E-state index is 12.1. The largest absolute Gasteiger partial charge is 0.393 e. The molecule has 0 aliphatic carbocycles. The van der Waals surface area contributed by atoms with Gasteiger partial charge < -0.3 is 5.11 Å². The van der Waals surface area contributed by atoms with Gasteiger partial charge in [-0.25, -0.2) is 5.06 Å². The van der Waals surface area contributed by atoms with Gasteiger partial charge >= 0.3 is 0 Å². The van der Waals surface area contributed by atoms with Crippen molar-refractivity contribution >= 4 is 11.6 Å². The van der Waals surface area contributed by atoms with Gasteiger partial charge in [-0.3, -0.25) is 14.6 Å². The van der Waals surface area contributed by atoms with Crippen LogP contribution in [0, 0.1) is 0 Å². The Hall–Kier alpha value is -0.940. The number of hydrogen-bond donors (Lipinski definition) is 1. The van der Waals surface area contributed by atoms with Crippen molar-refractivity contribution < 1.29 is 14.7 Å². The van der Waals surface area contributed by atoms with Gasteiger partial charge in [-0.05, 0) is 26.7 Å². The van der Waals surface area contributed by atoms with E-state index in [1.165, 1.54) is 30.7 Å². The van der Waals surface area contributed by atoms with Crippen molar-refractivity contribution in [1.29, 1.82) is 0 Å². The van der Waals surface area contributed by atoms with Gasteiger partial charge in [0.25, 0.3) is 5.91 Å². The van der Waals surface area contributed by atoms with Gasteiger partial charge in [0.1, 0.15) is 0 Å². The fraction of sp³-hybridized carbons (Fsp3) is 0.882. The number of aliphatic hydroxyl groups excluding tert-OH is 1. The fourth-order valence-corrected chi connectivity index (χ4v) is 2.70. The molecule has 0 aromatic rings. The molecule has 0 bridgehead atoms. The molecule has 2 atom stereocenters. The number of carbonyl (C=O) groups excluding carboxylic acids is 1. The van der Waals surface area contributed by atoms with Crippen LogP contribution in [0.5, 0.6) is 0 Å². The van der Waals surface area contributed by atoms with Crippen LogP contribution in [0.2, 0.25) is 0 Å². The summed E-state index contributed by atoms with van der Waals surface area (Å²) >= 11 is 0. The predicted molar refractivity (Wildman–Crippen MR) is 88.9 cm³/mol. The van der Waals surface area contributed by atoms with Crippen molar-refractivity contribution in [2.45, 2.75) is 84.3 Å². The average Bonchev–Trinajstić information content (AvgIpc) is 2.55. The van der Waals surface area contributed by atoms with Crippen LogP contribution in [-0.4, -0.2) is 47.1 Å². The fourth-order valence-electron chi connectivity index (χ4n) is 2.70. The zero-order valence-corrected chi connectivity index (χ0v) is 14.4. The van der Waals surface area contributed by atoms with Crippen molar-refractivity contribution in [3.05, 3.63) is 0 Å². The number of carbonyl (C=O) groups is 1. The summed E-state index contributed by atoms with van der Waals surface area (Å²) in [6.45, 7) is 6.85. The number of rotatable bonds is 10. The second-order valence-electron chi connectivity index (χ2n) is 6.34. The van der Waals surface area contributed by atoms with Gasteiger partial charge in [-0.15, -0.1) is 0 Å². The van der Waals surface area contributed by atoms with E-state index in [0.29, 0.717) is 26.0 Å². The van der Waals surface area contributed by atoms with Gasteiger partial charge in [0.2, 0.25) is 0 Å². The number of aliphatic hydroxyl groups is 1. The quantitative estimate of drug-likeness (QED) is 0.630. The lowest BCUT2D eigenvalue weighted by Crippen LogP contribution is -2.36. The molecule has 1 aliphatic rings. The third-order valence-corrected chi connectivity index (χ3v) is 3.82. The lowest BCUT2D eigenvalue weighted by Gasteiger charge is -2.23. The Kier molecular flexibility index (Phi) is 9.32. The van der Waals surface area contributed by atoms with Crippen LogP contribution in [0.4, 0.5) is 0 Å². The monoisotopic (exact) mass is 312 g/mol. The number of nitrogens with zero attached hydrogens (tertiary/aromatic N) is 2. The first-order valence-corrected chi connectivity index (χ1v) is 8.67. The van der Waals surface area contributed by atoms with Crippen LogP contribution in [0.3, 0.4) is 0 Å². The Morgan fingerprint density at radius 1 is 1.32 bits per heavy atom. The summed E-state index contributed by atoms with van der Waals surface area (Å²) in [6.07, 6.45) is 7.64. The molecule has 1 heterocycles. The maximum Gasteiger partial charge on any atom is 0.251 e. The molecule has 0 radical (unpaired) electrons. The molecule has 2 unspecified atom stereocenters. The van der Waals surface area contributed by atoms with Gasteiger partial charge in [0.05, 0.1) is 31.7 Å². The van der Waals surface area contributed by atoms with E-state index in [2.05, 4.69) is 11.9 Å². The van der Waals surface area contributed by atoms with Crippen LogP contribution in [-0.2, 0) is 9.63 Å². The van der Waals surface area contributed by atoms with Crippen LogP contribution in [0.1, 0.15) is 72.1 Å². The standard InChI is InChI=1S/C17H32N2O3/c1-4-5-6-7-8-9-10-22-19-13-16(12-15(3)20)18-14(2)11-17(19)21/h15-16,20H,4-13H2,1-3H3. The zero-order chi connectivity index (χ0) is 16.4. The van der Waals surface area contributed by atoms with Crippen molar-refractivity contribution in [1.82, 2.24) is 5.06 Å². The smallest absolute Gasteiger partial charge is 0.251 e. The molecule has 1 amide bonds. The second kappa shape index (κ2) is 10.7.